The lowest BCUT2D eigenvalue weighted by Crippen LogP contribution is -2.18. The molecule has 1 fully saturated rings. The zero-order valence-electron chi connectivity index (χ0n) is 7.42. The Kier molecular flexibility index (Phi) is 5.54. The van der Waals surface area contributed by atoms with Crippen LogP contribution in [0.15, 0.2) is 0 Å². The summed E-state index contributed by atoms with van der Waals surface area (Å²) in [5.74, 6) is 0.576. The molecule has 0 bridgehead atoms. The van der Waals surface area contributed by atoms with E-state index in [2.05, 4.69) is 0 Å². The molecule has 3 heteroatoms. The fourth-order valence-electron chi connectivity index (χ4n) is 1.63. The van der Waals surface area contributed by atoms with Crippen LogP contribution in [0.5, 0.6) is 0 Å². The predicted octanol–water partition coefficient (Wildman–Crippen LogP) is 1.89. The Morgan fingerprint density at radius 2 is 2.17 bits per heavy atom. The minimum absolute atomic E-state index is 0. The summed E-state index contributed by atoms with van der Waals surface area (Å²) in [6.07, 6.45) is 6.20. The molecule has 3 nitrogen and oxygen atoms in total. The molecular weight excluding hydrogens is 154 g/mol. The van der Waals surface area contributed by atoms with Crippen molar-refractivity contribution in [3.63, 3.8) is 0 Å². The Morgan fingerprint density at radius 1 is 1.42 bits per heavy atom. The van der Waals surface area contributed by atoms with Crippen molar-refractivity contribution in [2.24, 2.45) is 5.92 Å². The third-order valence-corrected chi connectivity index (χ3v) is 2.31. The highest BCUT2D eigenvalue weighted by Gasteiger charge is 2.20. The first kappa shape index (κ1) is 11.3. The highest BCUT2D eigenvalue weighted by molar-refractivity contribution is 5.81. The van der Waals surface area contributed by atoms with Crippen LogP contribution < -0.4 is 6.15 Å². The number of rotatable bonds is 3. The molecular formula is C9H17NO2. The van der Waals surface area contributed by atoms with Gasteiger partial charge in [-0.05, 0) is 19.3 Å². The molecule has 0 heterocycles. The summed E-state index contributed by atoms with van der Waals surface area (Å²) >= 11 is 0. The molecule has 0 aromatic rings. The van der Waals surface area contributed by atoms with Crippen molar-refractivity contribution >= 4 is 12.1 Å². The second-order valence-electron chi connectivity index (χ2n) is 3.15. The molecule has 1 aliphatic carbocycles. The van der Waals surface area contributed by atoms with Crippen molar-refractivity contribution in [1.29, 1.82) is 0 Å². The smallest absolute Gasteiger partial charge is 0.135 e. The van der Waals surface area contributed by atoms with Crippen LogP contribution in [-0.4, -0.2) is 12.1 Å². The van der Waals surface area contributed by atoms with E-state index in [0.717, 1.165) is 38.4 Å². The van der Waals surface area contributed by atoms with Gasteiger partial charge in [0.25, 0.3) is 0 Å². The zero-order valence-corrected chi connectivity index (χ0v) is 7.42. The van der Waals surface area contributed by atoms with Crippen LogP contribution >= 0.6 is 0 Å². The molecule has 0 amide bonds. The molecule has 0 spiro atoms. The fourth-order valence-corrected chi connectivity index (χ4v) is 1.63. The van der Waals surface area contributed by atoms with Crippen molar-refractivity contribution in [3.8, 4) is 0 Å². The topological polar surface area (TPSA) is 69.1 Å². The maximum atomic E-state index is 11.2. The van der Waals surface area contributed by atoms with Gasteiger partial charge in [-0.2, -0.15) is 0 Å². The number of Topliss-reactive ketones (excluding diaryl/α,β-unsaturated/α-hetero) is 1. The van der Waals surface area contributed by atoms with Crippen molar-refractivity contribution in [1.82, 2.24) is 6.15 Å². The largest absolute Gasteiger partial charge is 0.344 e. The Morgan fingerprint density at radius 3 is 2.75 bits per heavy atom. The van der Waals surface area contributed by atoms with Gasteiger partial charge in [-0.1, -0.05) is 6.42 Å². The van der Waals surface area contributed by atoms with E-state index in [0.29, 0.717) is 12.2 Å². The van der Waals surface area contributed by atoms with Crippen LogP contribution in [0.25, 0.3) is 0 Å². The highest BCUT2D eigenvalue weighted by atomic mass is 16.1. The minimum atomic E-state index is 0. The van der Waals surface area contributed by atoms with Gasteiger partial charge in [-0.15, -0.1) is 0 Å². The van der Waals surface area contributed by atoms with E-state index in [9.17, 15) is 9.59 Å². The number of carbonyl (C=O) groups is 2. The summed E-state index contributed by atoms with van der Waals surface area (Å²) in [6, 6.07) is 0. The van der Waals surface area contributed by atoms with E-state index < -0.39 is 0 Å². The summed E-state index contributed by atoms with van der Waals surface area (Å²) in [5, 5.41) is 0. The number of hydrogen-bond donors (Lipinski definition) is 1. The van der Waals surface area contributed by atoms with Gasteiger partial charge < -0.3 is 10.9 Å². The Hall–Kier alpha value is -0.700. The lowest BCUT2D eigenvalue weighted by Gasteiger charge is -2.18. The summed E-state index contributed by atoms with van der Waals surface area (Å²) < 4.78 is 0. The van der Waals surface area contributed by atoms with Crippen molar-refractivity contribution in [2.75, 3.05) is 0 Å². The number of hydrogen-bond acceptors (Lipinski definition) is 3. The number of ketones is 1. The molecule has 1 atom stereocenters. The molecule has 0 aromatic heterocycles. The van der Waals surface area contributed by atoms with E-state index >= 15 is 0 Å². The van der Waals surface area contributed by atoms with E-state index in [4.69, 9.17) is 0 Å². The Balaban J connectivity index is 0.00000121. The van der Waals surface area contributed by atoms with Crippen LogP contribution in [0.4, 0.5) is 0 Å². The number of aldehydes is 1. The molecule has 0 aliphatic heterocycles. The van der Waals surface area contributed by atoms with Crippen molar-refractivity contribution in [2.45, 2.75) is 38.5 Å². The molecule has 1 saturated carbocycles. The van der Waals surface area contributed by atoms with Crippen LogP contribution in [0, 0.1) is 5.92 Å². The van der Waals surface area contributed by atoms with Gasteiger partial charge in [0.2, 0.25) is 0 Å². The molecule has 0 radical (unpaired) electrons. The predicted molar refractivity (Wildman–Crippen MR) is 47.3 cm³/mol. The van der Waals surface area contributed by atoms with Crippen LogP contribution in [-0.2, 0) is 9.59 Å². The van der Waals surface area contributed by atoms with Gasteiger partial charge in [-0.25, -0.2) is 0 Å². The van der Waals surface area contributed by atoms with E-state index in [1.54, 1.807) is 0 Å². The van der Waals surface area contributed by atoms with Gasteiger partial charge in [0.1, 0.15) is 12.1 Å². The quantitative estimate of drug-likeness (QED) is 0.659. The molecule has 0 aromatic carbocycles. The molecule has 3 N–H and O–H groups in total. The fraction of sp³-hybridized carbons (Fsp3) is 0.778. The highest BCUT2D eigenvalue weighted by Crippen LogP contribution is 2.23. The lowest BCUT2D eigenvalue weighted by molar-refractivity contribution is -0.124. The van der Waals surface area contributed by atoms with E-state index in [1.165, 1.54) is 0 Å². The first-order valence-electron chi connectivity index (χ1n) is 4.31. The molecule has 70 valence electrons. The Bertz CT molecular complexity index is 157. The molecule has 0 saturated heterocycles. The standard InChI is InChI=1S/C9H14O2.H3N/c10-7-3-5-8-4-1-2-6-9(8)11;/h7-8H,1-6H2;1H3. The average Bonchev–Trinajstić information content (AvgIpc) is 2.03. The second-order valence-corrected chi connectivity index (χ2v) is 3.15. The summed E-state index contributed by atoms with van der Waals surface area (Å²) in [7, 11) is 0. The van der Waals surface area contributed by atoms with Crippen LogP contribution in [0.3, 0.4) is 0 Å². The SMILES string of the molecule is N.O=CCCC1CCCCC1=O. The maximum Gasteiger partial charge on any atom is 0.135 e. The van der Waals surface area contributed by atoms with Crippen molar-refractivity contribution in [3.05, 3.63) is 0 Å². The van der Waals surface area contributed by atoms with Crippen LogP contribution in [0.2, 0.25) is 0 Å². The summed E-state index contributed by atoms with van der Waals surface area (Å²) in [6.45, 7) is 0. The lowest BCUT2D eigenvalue weighted by atomic mass is 9.85. The molecule has 12 heavy (non-hydrogen) atoms. The second kappa shape index (κ2) is 5.89. The maximum absolute atomic E-state index is 11.2. The van der Waals surface area contributed by atoms with E-state index in [1.807, 2.05) is 0 Å². The first-order valence-corrected chi connectivity index (χ1v) is 4.31. The van der Waals surface area contributed by atoms with E-state index in [-0.39, 0.29) is 12.1 Å². The monoisotopic (exact) mass is 171 g/mol. The zero-order chi connectivity index (χ0) is 8.10. The van der Waals surface area contributed by atoms with Gasteiger partial charge in [0, 0.05) is 18.8 Å². The van der Waals surface area contributed by atoms with Gasteiger partial charge >= 0.3 is 0 Å². The first-order chi connectivity index (χ1) is 5.34. The van der Waals surface area contributed by atoms with Gasteiger partial charge in [-0.3, -0.25) is 4.79 Å². The minimum Gasteiger partial charge on any atom is -0.344 e. The Labute approximate surface area is 73.1 Å². The normalized spacial score (nSPS) is 23.0. The third-order valence-electron chi connectivity index (χ3n) is 2.31. The molecule has 1 rings (SSSR count). The van der Waals surface area contributed by atoms with Gasteiger partial charge in [0.05, 0.1) is 0 Å². The average molecular weight is 171 g/mol. The van der Waals surface area contributed by atoms with Crippen molar-refractivity contribution < 1.29 is 9.59 Å². The number of carbonyl (C=O) groups excluding carboxylic acids is 2. The van der Waals surface area contributed by atoms with Gasteiger partial charge in [0.15, 0.2) is 0 Å². The summed E-state index contributed by atoms with van der Waals surface area (Å²) in [5.41, 5.74) is 0. The van der Waals surface area contributed by atoms with Crippen LogP contribution in [0.1, 0.15) is 38.5 Å². The summed E-state index contributed by atoms with van der Waals surface area (Å²) in [4.78, 5) is 21.2. The molecule has 1 aliphatic rings. The molecule has 1 unspecified atom stereocenters. The third kappa shape index (κ3) is 3.13.